The summed E-state index contributed by atoms with van der Waals surface area (Å²) >= 11 is 0. The van der Waals surface area contributed by atoms with Crippen molar-refractivity contribution in [3.05, 3.63) is 29.8 Å². The maximum Gasteiger partial charge on any atom is 0.0364 e. The fraction of sp³-hybridized carbons (Fsp3) is 0.647. The van der Waals surface area contributed by atoms with Crippen molar-refractivity contribution in [1.82, 2.24) is 5.32 Å². The van der Waals surface area contributed by atoms with Crippen LogP contribution in [0, 0.1) is 12.8 Å². The Morgan fingerprint density at radius 2 is 1.74 bits per heavy atom. The number of rotatable bonds is 5. The van der Waals surface area contributed by atoms with Gasteiger partial charge in [-0.15, -0.1) is 0 Å². The second kappa shape index (κ2) is 6.95. The Morgan fingerprint density at radius 3 is 2.37 bits per heavy atom. The number of nitrogens with zero attached hydrogens (tertiary/aromatic N) is 1. The minimum atomic E-state index is 0.752. The first-order valence-corrected chi connectivity index (χ1v) is 7.66. The lowest BCUT2D eigenvalue weighted by molar-refractivity contribution is 0.309. The molecular weight excluding hydrogens is 232 g/mol. The number of aryl methyl sites for hydroxylation is 1. The molecule has 0 unspecified atom stereocenters. The lowest BCUT2D eigenvalue weighted by atomic mass is 9.87. The molecule has 0 atom stereocenters. The standard InChI is InChI=1S/C17H28N2/c1-14-4-8-16(9-5-14)18-12-13-19(3)17-10-6-15(2)7-11-17/h6-7,10-11,14,16,18H,4-5,8-9,12-13H2,1-3H3. The van der Waals surface area contributed by atoms with Crippen LogP contribution in [0.25, 0.3) is 0 Å². The molecule has 0 aliphatic heterocycles. The predicted molar refractivity (Wildman–Crippen MR) is 83.9 cm³/mol. The van der Waals surface area contributed by atoms with E-state index in [1.54, 1.807) is 0 Å². The van der Waals surface area contributed by atoms with Gasteiger partial charge < -0.3 is 10.2 Å². The number of nitrogens with one attached hydrogen (secondary N) is 1. The smallest absolute Gasteiger partial charge is 0.0364 e. The molecular formula is C17H28N2. The van der Waals surface area contributed by atoms with Gasteiger partial charge in [-0.05, 0) is 50.7 Å². The van der Waals surface area contributed by atoms with E-state index < -0.39 is 0 Å². The first-order chi connectivity index (χ1) is 9.15. The van der Waals surface area contributed by atoms with Crippen molar-refractivity contribution < 1.29 is 0 Å². The average Bonchev–Trinajstić information content (AvgIpc) is 2.41. The van der Waals surface area contributed by atoms with Crippen molar-refractivity contribution in [3.63, 3.8) is 0 Å². The van der Waals surface area contributed by atoms with Gasteiger partial charge in [0.25, 0.3) is 0 Å². The van der Waals surface area contributed by atoms with Crippen LogP contribution in [0.5, 0.6) is 0 Å². The normalized spacial score (nSPS) is 23.3. The fourth-order valence-corrected chi connectivity index (χ4v) is 2.83. The van der Waals surface area contributed by atoms with Crippen molar-refractivity contribution in [3.8, 4) is 0 Å². The van der Waals surface area contributed by atoms with Gasteiger partial charge in [-0.25, -0.2) is 0 Å². The molecule has 0 saturated heterocycles. The lowest BCUT2D eigenvalue weighted by Crippen LogP contribution is -2.37. The van der Waals surface area contributed by atoms with E-state index in [0.29, 0.717) is 0 Å². The molecule has 1 aromatic carbocycles. The zero-order chi connectivity index (χ0) is 13.7. The zero-order valence-electron chi connectivity index (χ0n) is 12.7. The molecule has 1 aliphatic carbocycles. The molecule has 1 aromatic rings. The first-order valence-electron chi connectivity index (χ1n) is 7.66. The summed E-state index contributed by atoms with van der Waals surface area (Å²) in [5.74, 6) is 0.938. The molecule has 1 N–H and O–H groups in total. The highest BCUT2D eigenvalue weighted by molar-refractivity contribution is 5.46. The molecule has 2 rings (SSSR count). The zero-order valence-corrected chi connectivity index (χ0v) is 12.7. The Balaban J connectivity index is 1.69. The van der Waals surface area contributed by atoms with Crippen LogP contribution in [0.4, 0.5) is 5.69 Å². The Kier molecular flexibility index (Phi) is 5.26. The van der Waals surface area contributed by atoms with E-state index in [1.165, 1.54) is 36.9 Å². The summed E-state index contributed by atoms with van der Waals surface area (Å²) in [6, 6.07) is 9.53. The molecule has 0 aromatic heterocycles. The van der Waals surface area contributed by atoms with E-state index in [1.807, 2.05) is 0 Å². The molecule has 1 saturated carbocycles. The maximum atomic E-state index is 3.71. The molecule has 0 spiro atoms. The van der Waals surface area contributed by atoms with Gasteiger partial charge in [-0.2, -0.15) is 0 Å². The van der Waals surface area contributed by atoms with Crippen LogP contribution in [0.1, 0.15) is 38.2 Å². The molecule has 1 aliphatic rings. The minimum Gasteiger partial charge on any atom is -0.373 e. The van der Waals surface area contributed by atoms with Gasteiger partial charge in [0.05, 0.1) is 0 Å². The molecule has 2 nitrogen and oxygen atoms in total. The van der Waals surface area contributed by atoms with Gasteiger partial charge in [0, 0.05) is 31.9 Å². The van der Waals surface area contributed by atoms with Gasteiger partial charge in [0.15, 0.2) is 0 Å². The van der Waals surface area contributed by atoms with Crippen molar-refractivity contribution >= 4 is 5.69 Å². The minimum absolute atomic E-state index is 0.752. The van der Waals surface area contributed by atoms with Crippen LogP contribution >= 0.6 is 0 Å². The second-order valence-electron chi connectivity index (χ2n) is 6.17. The Labute approximate surface area is 118 Å². The maximum absolute atomic E-state index is 3.71. The van der Waals surface area contributed by atoms with Gasteiger partial charge in [-0.1, -0.05) is 24.6 Å². The number of benzene rings is 1. The number of hydrogen-bond donors (Lipinski definition) is 1. The average molecular weight is 260 g/mol. The van der Waals surface area contributed by atoms with Crippen LogP contribution < -0.4 is 10.2 Å². The van der Waals surface area contributed by atoms with Crippen molar-refractivity contribution in [2.75, 3.05) is 25.0 Å². The summed E-state index contributed by atoms with van der Waals surface area (Å²) in [4.78, 5) is 2.33. The Hall–Kier alpha value is -1.02. The fourth-order valence-electron chi connectivity index (χ4n) is 2.83. The number of likely N-dealkylation sites (N-methyl/N-ethyl adjacent to an activating group) is 1. The third-order valence-electron chi connectivity index (χ3n) is 4.37. The van der Waals surface area contributed by atoms with Crippen molar-refractivity contribution in [2.24, 2.45) is 5.92 Å². The lowest BCUT2D eigenvalue weighted by Gasteiger charge is -2.28. The molecule has 0 amide bonds. The topological polar surface area (TPSA) is 15.3 Å². The first kappa shape index (κ1) is 14.4. The van der Waals surface area contributed by atoms with Crippen molar-refractivity contribution in [1.29, 1.82) is 0 Å². The molecule has 0 heterocycles. The highest BCUT2D eigenvalue weighted by atomic mass is 15.1. The van der Waals surface area contributed by atoms with E-state index in [4.69, 9.17) is 0 Å². The van der Waals surface area contributed by atoms with E-state index in [-0.39, 0.29) is 0 Å². The third kappa shape index (κ3) is 4.54. The second-order valence-corrected chi connectivity index (χ2v) is 6.17. The van der Waals surface area contributed by atoms with Gasteiger partial charge in [-0.3, -0.25) is 0 Å². The van der Waals surface area contributed by atoms with Crippen LogP contribution in [0.3, 0.4) is 0 Å². The monoisotopic (exact) mass is 260 g/mol. The van der Waals surface area contributed by atoms with E-state index in [2.05, 4.69) is 55.4 Å². The van der Waals surface area contributed by atoms with E-state index in [9.17, 15) is 0 Å². The SMILES string of the molecule is Cc1ccc(N(C)CCNC2CCC(C)CC2)cc1. The summed E-state index contributed by atoms with van der Waals surface area (Å²) in [6.07, 6.45) is 5.50. The van der Waals surface area contributed by atoms with Crippen LogP contribution in [-0.4, -0.2) is 26.2 Å². The number of hydrogen-bond acceptors (Lipinski definition) is 2. The van der Waals surface area contributed by atoms with E-state index >= 15 is 0 Å². The van der Waals surface area contributed by atoms with Crippen LogP contribution in [0.15, 0.2) is 24.3 Å². The van der Waals surface area contributed by atoms with Crippen molar-refractivity contribution in [2.45, 2.75) is 45.6 Å². The van der Waals surface area contributed by atoms with Gasteiger partial charge in [0.1, 0.15) is 0 Å². The number of anilines is 1. The van der Waals surface area contributed by atoms with Gasteiger partial charge in [0.2, 0.25) is 0 Å². The summed E-state index contributed by atoms with van der Waals surface area (Å²) in [6.45, 7) is 6.68. The molecule has 19 heavy (non-hydrogen) atoms. The molecule has 106 valence electrons. The highest BCUT2D eigenvalue weighted by Crippen LogP contribution is 2.23. The quantitative estimate of drug-likeness (QED) is 0.870. The summed E-state index contributed by atoms with van der Waals surface area (Å²) in [5, 5.41) is 3.71. The summed E-state index contributed by atoms with van der Waals surface area (Å²) in [5.41, 5.74) is 2.64. The molecule has 1 fully saturated rings. The largest absolute Gasteiger partial charge is 0.373 e. The van der Waals surface area contributed by atoms with Crippen LogP contribution in [0.2, 0.25) is 0 Å². The van der Waals surface area contributed by atoms with Gasteiger partial charge >= 0.3 is 0 Å². The summed E-state index contributed by atoms with van der Waals surface area (Å²) in [7, 11) is 2.18. The highest BCUT2D eigenvalue weighted by Gasteiger charge is 2.17. The summed E-state index contributed by atoms with van der Waals surface area (Å²) < 4.78 is 0. The predicted octanol–water partition coefficient (Wildman–Crippen LogP) is 3.60. The molecule has 0 radical (unpaired) electrons. The third-order valence-corrected chi connectivity index (χ3v) is 4.37. The Morgan fingerprint density at radius 1 is 1.11 bits per heavy atom. The van der Waals surface area contributed by atoms with Crippen LogP contribution in [-0.2, 0) is 0 Å². The molecule has 2 heteroatoms. The van der Waals surface area contributed by atoms with E-state index in [0.717, 1.165) is 25.0 Å². The molecule has 0 bridgehead atoms. The Bertz CT molecular complexity index is 363.